The van der Waals surface area contributed by atoms with Crippen molar-refractivity contribution in [3.8, 4) is 0 Å². The first-order valence-corrected chi connectivity index (χ1v) is 9.51. The van der Waals surface area contributed by atoms with Crippen LogP contribution in [0.15, 0.2) is 23.2 Å². The molecule has 0 unspecified atom stereocenters. The van der Waals surface area contributed by atoms with E-state index in [1.54, 1.807) is 6.07 Å². The number of amides is 1. The van der Waals surface area contributed by atoms with Gasteiger partial charge in [-0.05, 0) is 59.5 Å². The molecule has 3 N–H and O–H groups in total. The molecule has 0 spiro atoms. The van der Waals surface area contributed by atoms with Gasteiger partial charge in [0.2, 0.25) is 0 Å². The van der Waals surface area contributed by atoms with Crippen molar-refractivity contribution in [2.75, 3.05) is 33.7 Å². The van der Waals surface area contributed by atoms with Crippen molar-refractivity contribution in [2.45, 2.75) is 46.4 Å². The predicted octanol–water partition coefficient (Wildman–Crippen LogP) is 2.47. The minimum absolute atomic E-state index is 0.209. The van der Waals surface area contributed by atoms with Crippen LogP contribution in [-0.4, -0.2) is 56.3 Å². The number of benzene rings is 1. The molecule has 1 amide bonds. The Balaban J connectivity index is 2.57. The summed E-state index contributed by atoms with van der Waals surface area (Å²) < 4.78 is 19.1. The molecule has 0 fully saturated rings. The second kappa shape index (κ2) is 11.5. The quantitative estimate of drug-likeness (QED) is 0.358. The zero-order chi connectivity index (χ0) is 21.2. The maximum Gasteiger partial charge on any atom is 0.407 e. The van der Waals surface area contributed by atoms with E-state index >= 15 is 0 Å². The van der Waals surface area contributed by atoms with E-state index in [1.807, 2.05) is 52.8 Å². The largest absolute Gasteiger partial charge is 0.444 e. The third kappa shape index (κ3) is 10.1. The number of guanidine groups is 1. The van der Waals surface area contributed by atoms with Gasteiger partial charge in [-0.1, -0.05) is 6.07 Å². The van der Waals surface area contributed by atoms with Crippen molar-refractivity contribution >= 4 is 12.1 Å². The number of alkyl carbamates (subject to hydrolysis) is 1. The normalized spacial score (nSPS) is 12.1. The van der Waals surface area contributed by atoms with Crippen molar-refractivity contribution in [1.29, 1.82) is 0 Å². The van der Waals surface area contributed by atoms with Crippen LogP contribution in [0.4, 0.5) is 9.18 Å². The first kappa shape index (κ1) is 23.7. The zero-order valence-corrected chi connectivity index (χ0v) is 17.9. The molecule has 0 heterocycles. The van der Waals surface area contributed by atoms with Crippen molar-refractivity contribution in [3.05, 3.63) is 35.1 Å². The van der Waals surface area contributed by atoms with Crippen LogP contribution in [0, 0.1) is 5.82 Å². The molecule has 0 saturated heterocycles. The molecule has 0 saturated carbocycles. The van der Waals surface area contributed by atoms with Crippen LogP contribution in [0.2, 0.25) is 0 Å². The smallest absolute Gasteiger partial charge is 0.407 e. The molecule has 0 aromatic heterocycles. The third-order valence-electron chi connectivity index (χ3n) is 3.45. The molecule has 0 aliphatic heterocycles. The molecule has 0 aliphatic rings. The minimum atomic E-state index is -0.519. The first-order valence-electron chi connectivity index (χ1n) is 9.51. The van der Waals surface area contributed by atoms with Gasteiger partial charge in [0.15, 0.2) is 5.96 Å². The fourth-order valence-corrected chi connectivity index (χ4v) is 2.36. The first-order chi connectivity index (χ1) is 13.1. The number of carbonyl (C=O) groups is 1. The van der Waals surface area contributed by atoms with Gasteiger partial charge in [0, 0.05) is 31.7 Å². The molecule has 8 heteroatoms. The third-order valence-corrected chi connectivity index (χ3v) is 3.45. The van der Waals surface area contributed by atoms with Crippen LogP contribution < -0.4 is 16.0 Å². The number of rotatable bonds is 8. The number of hydrogen-bond donors (Lipinski definition) is 3. The van der Waals surface area contributed by atoms with Gasteiger partial charge in [0.05, 0.1) is 6.54 Å². The van der Waals surface area contributed by atoms with Crippen molar-refractivity contribution < 1.29 is 13.9 Å². The van der Waals surface area contributed by atoms with E-state index < -0.39 is 11.7 Å². The van der Waals surface area contributed by atoms with Gasteiger partial charge in [-0.2, -0.15) is 0 Å². The Morgan fingerprint density at radius 1 is 1.18 bits per heavy atom. The van der Waals surface area contributed by atoms with E-state index in [-0.39, 0.29) is 5.82 Å². The number of aliphatic imine (C=N–C) groups is 1. The zero-order valence-electron chi connectivity index (χ0n) is 17.9. The van der Waals surface area contributed by atoms with Crippen LogP contribution in [-0.2, 0) is 17.8 Å². The average molecular weight is 396 g/mol. The highest BCUT2D eigenvalue weighted by Crippen LogP contribution is 2.13. The summed E-state index contributed by atoms with van der Waals surface area (Å²) in [5, 5.41) is 8.99. The Morgan fingerprint density at radius 3 is 2.46 bits per heavy atom. The predicted molar refractivity (Wildman–Crippen MR) is 111 cm³/mol. The maximum atomic E-state index is 13.9. The topological polar surface area (TPSA) is 78.0 Å². The standard InChI is InChI=1S/C20H34FN5O2/c1-7-22-18(23-10-11-24-19(27)28-20(2,3)4)25-13-15-8-9-17(21)16(12-15)14-26(5)6/h8-9,12H,7,10-11,13-14H2,1-6H3,(H,24,27)(H2,22,23,25). The summed E-state index contributed by atoms with van der Waals surface area (Å²) in [6, 6.07) is 5.06. The fourth-order valence-electron chi connectivity index (χ4n) is 2.36. The highest BCUT2D eigenvalue weighted by molar-refractivity contribution is 5.79. The van der Waals surface area contributed by atoms with E-state index in [2.05, 4.69) is 20.9 Å². The second-order valence-corrected chi connectivity index (χ2v) is 7.71. The Kier molecular flexibility index (Phi) is 9.72. The van der Waals surface area contributed by atoms with Crippen LogP contribution in [0.1, 0.15) is 38.8 Å². The van der Waals surface area contributed by atoms with Gasteiger partial charge >= 0.3 is 6.09 Å². The summed E-state index contributed by atoms with van der Waals surface area (Å²) >= 11 is 0. The molecule has 0 bridgehead atoms. The van der Waals surface area contributed by atoms with Gasteiger partial charge in [-0.3, -0.25) is 0 Å². The lowest BCUT2D eigenvalue weighted by atomic mass is 10.1. The molecule has 1 aromatic carbocycles. The number of carbonyl (C=O) groups excluding carboxylic acids is 1. The molecule has 7 nitrogen and oxygen atoms in total. The number of hydrogen-bond acceptors (Lipinski definition) is 4. The maximum absolute atomic E-state index is 13.9. The van der Waals surface area contributed by atoms with Gasteiger partial charge in [0.25, 0.3) is 0 Å². The summed E-state index contributed by atoms with van der Waals surface area (Å²) in [4.78, 5) is 18.1. The van der Waals surface area contributed by atoms with Gasteiger partial charge < -0.3 is 25.6 Å². The highest BCUT2D eigenvalue weighted by atomic mass is 19.1. The SMILES string of the molecule is CCNC(=NCc1ccc(F)c(CN(C)C)c1)NCCNC(=O)OC(C)(C)C. The molecule has 158 valence electrons. The number of halogens is 1. The van der Waals surface area contributed by atoms with Crippen LogP contribution >= 0.6 is 0 Å². The lowest BCUT2D eigenvalue weighted by molar-refractivity contribution is 0.0529. The Hall–Kier alpha value is -2.35. The molecule has 0 atom stereocenters. The summed E-state index contributed by atoms with van der Waals surface area (Å²) in [6.45, 7) is 10.0. The highest BCUT2D eigenvalue weighted by Gasteiger charge is 2.15. The molecule has 28 heavy (non-hydrogen) atoms. The number of nitrogens with one attached hydrogen (secondary N) is 3. The van der Waals surface area contributed by atoms with Crippen molar-refractivity contribution in [2.24, 2.45) is 4.99 Å². The van der Waals surface area contributed by atoms with Crippen molar-refractivity contribution in [1.82, 2.24) is 20.9 Å². The van der Waals surface area contributed by atoms with Crippen LogP contribution in [0.5, 0.6) is 0 Å². The second-order valence-electron chi connectivity index (χ2n) is 7.71. The molecular formula is C20H34FN5O2. The van der Waals surface area contributed by atoms with E-state index in [4.69, 9.17) is 4.74 Å². The van der Waals surface area contributed by atoms with Crippen molar-refractivity contribution in [3.63, 3.8) is 0 Å². The molecule has 0 radical (unpaired) electrons. The minimum Gasteiger partial charge on any atom is -0.444 e. The van der Waals surface area contributed by atoms with E-state index in [9.17, 15) is 9.18 Å². The molecular weight excluding hydrogens is 361 g/mol. The average Bonchev–Trinajstić information content (AvgIpc) is 2.57. The molecule has 1 aromatic rings. The van der Waals surface area contributed by atoms with Crippen LogP contribution in [0.3, 0.4) is 0 Å². The Labute approximate surface area is 167 Å². The van der Waals surface area contributed by atoms with E-state index in [1.165, 1.54) is 6.07 Å². The van der Waals surface area contributed by atoms with Gasteiger partial charge in [0.1, 0.15) is 11.4 Å². The van der Waals surface area contributed by atoms with E-state index in [0.29, 0.717) is 44.2 Å². The summed E-state index contributed by atoms with van der Waals surface area (Å²) in [6.07, 6.45) is -0.448. The molecule has 1 rings (SSSR count). The Morgan fingerprint density at radius 2 is 1.86 bits per heavy atom. The summed E-state index contributed by atoms with van der Waals surface area (Å²) in [7, 11) is 3.81. The van der Waals surface area contributed by atoms with Gasteiger partial charge in [-0.15, -0.1) is 0 Å². The lowest BCUT2D eigenvalue weighted by Gasteiger charge is -2.20. The Bertz CT molecular complexity index is 656. The summed E-state index contributed by atoms with van der Waals surface area (Å²) in [5.41, 5.74) is 1.06. The van der Waals surface area contributed by atoms with E-state index in [0.717, 1.165) is 5.56 Å². The molecule has 0 aliphatic carbocycles. The number of ether oxygens (including phenoxy) is 1. The fraction of sp³-hybridized carbons (Fsp3) is 0.600. The monoisotopic (exact) mass is 395 g/mol. The lowest BCUT2D eigenvalue weighted by Crippen LogP contribution is -2.42. The van der Waals surface area contributed by atoms with Crippen LogP contribution in [0.25, 0.3) is 0 Å². The van der Waals surface area contributed by atoms with Gasteiger partial charge in [-0.25, -0.2) is 14.2 Å². The summed E-state index contributed by atoms with van der Waals surface area (Å²) in [5.74, 6) is 0.423. The number of nitrogens with zero attached hydrogens (tertiary/aromatic N) is 2.